The van der Waals surface area contributed by atoms with Gasteiger partial charge in [-0.3, -0.25) is 0 Å². The van der Waals surface area contributed by atoms with Gasteiger partial charge in [0.05, 0.1) is 12.2 Å². The molecule has 0 N–H and O–H groups in total. The monoisotopic (exact) mass is 257 g/mol. The molecule has 0 aliphatic carbocycles. The third-order valence-electron chi connectivity index (χ3n) is 2.88. The highest BCUT2D eigenvalue weighted by molar-refractivity contribution is 5.36. The van der Waals surface area contributed by atoms with Gasteiger partial charge in [0.15, 0.2) is 5.66 Å². The summed E-state index contributed by atoms with van der Waals surface area (Å²) in [6, 6.07) is 5.92. The molecular weight excluding hydrogens is 245 g/mol. The second-order valence-electron chi connectivity index (χ2n) is 4.24. The largest absolute Gasteiger partial charge is 0.493 e. The van der Waals surface area contributed by atoms with Crippen molar-refractivity contribution in [3.63, 3.8) is 0 Å². The smallest absolute Gasteiger partial charge is 0.195 e. The Hall–Kier alpha value is -2.40. The van der Waals surface area contributed by atoms with Crippen LogP contribution in [0.25, 0.3) is 0 Å². The Balaban J connectivity index is 1.82. The Morgan fingerprint density at radius 3 is 2.74 bits per heavy atom. The number of terminal acetylenes is 1. The number of benzene rings is 1. The number of nitriles is 1. The van der Waals surface area contributed by atoms with Crippen molar-refractivity contribution in [2.75, 3.05) is 6.61 Å². The van der Waals surface area contributed by atoms with Crippen LogP contribution in [0, 0.1) is 29.5 Å². The molecule has 0 aromatic heterocycles. The summed E-state index contributed by atoms with van der Waals surface area (Å²) in [6.07, 6.45) is 7.16. The van der Waals surface area contributed by atoms with Gasteiger partial charge in [0.25, 0.3) is 0 Å². The SMILES string of the molecule is C#CCCC1(CCOc2ccc(C#N)c(F)c2)N=N1. The molecule has 0 bridgehead atoms. The van der Waals surface area contributed by atoms with Gasteiger partial charge >= 0.3 is 0 Å². The molecule has 1 aromatic carbocycles. The van der Waals surface area contributed by atoms with E-state index in [-0.39, 0.29) is 5.56 Å². The fourth-order valence-electron chi connectivity index (χ4n) is 1.68. The second-order valence-corrected chi connectivity index (χ2v) is 4.24. The van der Waals surface area contributed by atoms with E-state index in [0.29, 0.717) is 31.6 Å². The lowest BCUT2D eigenvalue weighted by molar-refractivity contribution is 0.282. The molecule has 0 atom stereocenters. The minimum Gasteiger partial charge on any atom is -0.493 e. The zero-order chi connectivity index (χ0) is 13.7. The van der Waals surface area contributed by atoms with Gasteiger partial charge in [0.1, 0.15) is 17.6 Å². The van der Waals surface area contributed by atoms with Crippen molar-refractivity contribution in [3.8, 4) is 24.2 Å². The van der Waals surface area contributed by atoms with E-state index < -0.39 is 11.5 Å². The van der Waals surface area contributed by atoms with Crippen molar-refractivity contribution >= 4 is 0 Å². The van der Waals surface area contributed by atoms with E-state index in [1.165, 1.54) is 12.1 Å². The molecule has 2 rings (SSSR count). The molecule has 19 heavy (non-hydrogen) atoms. The summed E-state index contributed by atoms with van der Waals surface area (Å²) < 4.78 is 18.7. The number of hydrogen-bond acceptors (Lipinski definition) is 4. The molecule has 0 saturated heterocycles. The summed E-state index contributed by atoms with van der Waals surface area (Å²) in [5.41, 5.74) is -0.387. The van der Waals surface area contributed by atoms with Crippen LogP contribution in [0.5, 0.6) is 5.75 Å². The Bertz CT molecular complexity index is 577. The molecular formula is C14H12FN3O. The van der Waals surface area contributed by atoms with Gasteiger partial charge in [0.2, 0.25) is 0 Å². The number of halogens is 1. The van der Waals surface area contributed by atoms with Crippen LogP contribution < -0.4 is 4.74 Å². The van der Waals surface area contributed by atoms with Crippen molar-refractivity contribution in [2.24, 2.45) is 10.2 Å². The summed E-state index contributed by atoms with van der Waals surface area (Å²) >= 11 is 0. The molecule has 4 nitrogen and oxygen atoms in total. The Labute approximate surface area is 110 Å². The molecule has 1 heterocycles. The van der Waals surface area contributed by atoms with Crippen LogP contribution in [0.2, 0.25) is 0 Å². The fourth-order valence-corrected chi connectivity index (χ4v) is 1.68. The third-order valence-corrected chi connectivity index (χ3v) is 2.88. The van der Waals surface area contributed by atoms with E-state index in [1.807, 2.05) is 0 Å². The number of rotatable bonds is 6. The van der Waals surface area contributed by atoms with Crippen LogP contribution in [0.4, 0.5) is 4.39 Å². The normalized spacial score (nSPS) is 14.5. The molecule has 0 fully saturated rings. The molecule has 0 saturated carbocycles. The van der Waals surface area contributed by atoms with E-state index in [4.69, 9.17) is 16.4 Å². The van der Waals surface area contributed by atoms with E-state index in [2.05, 4.69) is 16.1 Å². The molecule has 96 valence electrons. The number of hydrogen-bond donors (Lipinski definition) is 0. The molecule has 0 spiro atoms. The number of ether oxygens (including phenoxy) is 1. The molecule has 0 amide bonds. The fraction of sp³-hybridized carbons (Fsp3) is 0.357. The van der Waals surface area contributed by atoms with Gasteiger partial charge in [-0.15, -0.1) is 12.3 Å². The van der Waals surface area contributed by atoms with Crippen LogP contribution >= 0.6 is 0 Å². The molecule has 1 aliphatic rings. The minimum absolute atomic E-state index is 0.00466. The van der Waals surface area contributed by atoms with Gasteiger partial charge in [0, 0.05) is 25.3 Å². The summed E-state index contributed by atoms with van der Waals surface area (Å²) in [5.74, 6) is 2.36. The first-order valence-corrected chi connectivity index (χ1v) is 5.89. The number of nitrogens with zero attached hydrogens (tertiary/aromatic N) is 3. The molecule has 5 heteroatoms. The average Bonchev–Trinajstić information content (AvgIpc) is 3.17. The first-order valence-electron chi connectivity index (χ1n) is 5.89. The van der Waals surface area contributed by atoms with E-state index >= 15 is 0 Å². The standard InChI is InChI=1S/C14H12FN3O/c1-2-3-6-14(17-18-14)7-8-19-12-5-4-11(10-16)13(15)9-12/h1,4-5,9H,3,6-8H2. The van der Waals surface area contributed by atoms with Crippen molar-refractivity contribution in [2.45, 2.75) is 24.9 Å². The van der Waals surface area contributed by atoms with Crippen LogP contribution in [0.1, 0.15) is 24.8 Å². The first kappa shape index (κ1) is 13.0. The quantitative estimate of drug-likeness (QED) is 0.735. The zero-order valence-corrected chi connectivity index (χ0v) is 10.3. The van der Waals surface area contributed by atoms with Gasteiger partial charge in [-0.1, -0.05) is 0 Å². The van der Waals surface area contributed by atoms with Crippen LogP contribution in [-0.2, 0) is 0 Å². The zero-order valence-electron chi connectivity index (χ0n) is 10.3. The van der Waals surface area contributed by atoms with E-state index in [0.717, 1.165) is 0 Å². The van der Waals surface area contributed by atoms with Crippen molar-refractivity contribution < 1.29 is 9.13 Å². The lowest BCUT2D eigenvalue weighted by Gasteiger charge is -2.10. The molecule has 1 aliphatic heterocycles. The van der Waals surface area contributed by atoms with Gasteiger partial charge in [-0.05, 0) is 12.1 Å². The van der Waals surface area contributed by atoms with E-state index in [1.54, 1.807) is 12.1 Å². The van der Waals surface area contributed by atoms with Gasteiger partial charge in [-0.2, -0.15) is 15.5 Å². The van der Waals surface area contributed by atoms with Crippen LogP contribution in [0.3, 0.4) is 0 Å². The Morgan fingerprint density at radius 1 is 1.37 bits per heavy atom. The maximum atomic E-state index is 13.3. The average molecular weight is 257 g/mol. The Kier molecular flexibility index (Phi) is 3.77. The summed E-state index contributed by atoms with van der Waals surface area (Å²) in [5, 5.41) is 16.6. The minimum atomic E-state index is -0.581. The molecule has 0 radical (unpaired) electrons. The second kappa shape index (κ2) is 5.49. The maximum Gasteiger partial charge on any atom is 0.195 e. The van der Waals surface area contributed by atoms with Crippen molar-refractivity contribution in [1.82, 2.24) is 0 Å². The van der Waals surface area contributed by atoms with Crippen LogP contribution in [-0.4, -0.2) is 12.3 Å². The molecule has 0 unspecified atom stereocenters. The van der Waals surface area contributed by atoms with Crippen molar-refractivity contribution in [3.05, 3.63) is 29.6 Å². The Morgan fingerprint density at radius 2 is 2.16 bits per heavy atom. The molecule has 1 aromatic rings. The summed E-state index contributed by atoms with van der Waals surface area (Å²) in [4.78, 5) is 0. The summed E-state index contributed by atoms with van der Waals surface area (Å²) in [7, 11) is 0. The predicted octanol–water partition coefficient (Wildman–Crippen LogP) is 3.04. The topological polar surface area (TPSA) is 57.7 Å². The van der Waals surface area contributed by atoms with Gasteiger partial charge < -0.3 is 4.74 Å². The third kappa shape index (κ3) is 3.29. The van der Waals surface area contributed by atoms with E-state index in [9.17, 15) is 4.39 Å². The highest BCUT2D eigenvalue weighted by atomic mass is 19.1. The summed E-state index contributed by atoms with van der Waals surface area (Å²) in [6.45, 7) is 0.378. The van der Waals surface area contributed by atoms with Crippen LogP contribution in [0.15, 0.2) is 28.4 Å². The predicted molar refractivity (Wildman–Crippen MR) is 66.9 cm³/mol. The van der Waals surface area contributed by atoms with Crippen molar-refractivity contribution in [1.29, 1.82) is 5.26 Å². The highest BCUT2D eigenvalue weighted by Gasteiger charge is 2.38. The maximum absolute atomic E-state index is 13.3. The lowest BCUT2D eigenvalue weighted by atomic mass is 10.1. The lowest BCUT2D eigenvalue weighted by Crippen LogP contribution is -2.15. The first-order chi connectivity index (χ1) is 9.19. The van der Waals surface area contributed by atoms with Gasteiger partial charge in [-0.25, -0.2) is 4.39 Å². The highest BCUT2D eigenvalue weighted by Crippen LogP contribution is 2.36.